The number of hydrogen-bond acceptors (Lipinski definition) is 5. The molecule has 0 aromatic carbocycles. The standard InChI is InChI=1S/C15H22O4S/c16-14(17)8-3-1-2-6-12-10-11-13(20-12)7-4-5-9-15(18)19/h10-11H,1-9H2,(H,16,17)(H,18,19)/p-2. The molecule has 0 unspecified atom stereocenters. The SMILES string of the molecule is O=C([O-])CCCCCc1ccc(CCCCC(=O)[O-])s1. The molecule has 0 spiro atoms. The predicted octanol–water partition coefficient (Wildman–Crippen LogP) is 1.06. The zero-order valence-electron chi connectivity index (χ0n) is 11.6. The third-order valence-corrected chi connectivity index (χ3v) is 4.28. The average Bonchev–Trinajstić information content (AvgIpc) is 2.81. The molecule has 112 valence electrons. The van der Waals surface area contributed by atoms with Gasteiger partial charge in [-0.1, -0.05) is 6.42 Å². The van der Waals surface area contributed by atoms with E-state index in [0.29, 0.717) is 12.8 Å². The molecule has 0 saturated carbocycles. The van der Waals surface area contributed by atoms with E-state index >= 15 is 0 Å². The highest BCUT2D eigenvalue weighted by Gasteiger charge is 2.01. The number of aliphatic carboxylic acids is 2. The summed E-state index contributed by atoms with van der Waals surface area (Å²) in [6, 6.07) is 4.21. The lowest BCUT2D eigenvalue weighted by Crippen LogP contribution is -2.21. The van der Waals surface area contributed by atoms with Crippen LogP contribution in [0.1, 0.15) is 54.7 Å². The van der Waals surface area contributed by atoms with E-state index in [4.69, 9.17) is 0 Å². The predicted molar refractivity (Wildman–Crippen MR) is 74.1 cm³/mol. The molecule has 20 heavy (non-hydrogen) atoms. The lowest BCUT2D eigenvalue weighted by molar-refractivity contribution is -0.307. The van der Waals surface area contributed by atoms with Gasteiger partial charge in [0.2, 0.25) is 0 Å². The van der Waals surface area contributed by atoms with Gasteiger partial charge < -0.3 is 19.8 Å². The van der Waals surface area contributed by atoms with Crippen molar-refractivity contribution in [3.05, 3.63) is 21.9 Å². The Morgan fingerprint density at radius 2 is 1.25 bits per heavy atom. The quantitative estimate of drug-likeness (QED) is 0.572. The fourth-order valence-corrected chi connectivity index (χ4v) is 3.11. The molecule has 1 aromatic rings. The molecule has 0 aliphatic heterocycles. The van der Waals surface area contributed by atoms with Crippen LogP contribution in [0.25, 0.3) is 0 Å². The van der Waals surface area contributed by atoms with Gasteiger partial charge in [-0.05, 0) is 63.5 Å². The summed E-state index contributed by atoms with van der Waals surface area (Å²) in [6.45, 7) is 0. The van der Waals surface area contributed by atoms with E-state index in [1.54, 1.807) is 11.3 Å². The molecule has 0 aliphatic carbocycles. The second-order valence-electron chi connectivity index (χ2n) is 4.88. The van der Waals surface area contributed by atoms with Crippen molar-refractivity contribution in [1.82, 2.24) is 0 Å². The van der Waals surface area contributed by atoms with Crippen molar-refractivity contribution in [1.29, 1.82) is 0 Å². The van der Waals surface area contributed by atoms with E-state index in [1.165, 1.54) is 9.75 Å². The van der Waals surface area contributed by atoms with Crippen LogP contribution >= 0.6 is 11.3 Å². The van der Waals surface area contributed by atoms with Crippen LogP contribution in [-0.2, 0) is 22.4 Å². The van der Waals surface area contributed by atoms with Gasteiger partial charge in [0.1, 0.15) is 0 Å². The van der Waals surface area contributed by atoms with Crippen molar-refractivity contribution in [2.24, 2.45) is 0 Å². The van der Waals surface area contributed by atoms with Crippen molar-refractivity contribution in [2.45, 2.75) is 57.8 Å². The summed E-state index contributed by atoms with van der Waals surface area (Å²) in [5, 5.41) is 20.5. The number of carboxylic acids is 2. The van der Waals surface area contributed by atoms with Crippen molar-refractivity contribution >= 4 is 23.3 Å². The molecule has 1 rings (SSSR count). The number of hydrogen-bond donors (Lipinski definition) is 0. The van der Waals surface area contributed by atoms with Crippen LogP contribution in [0.15, 0.2) is 12.1 Å². The number of carboxylic acid groups (broad SMARTS) is 2. The summed E-state index contributed by atoms with van der Waals surface area (Å²) in [6.07, 6.45) is 6.32. The molecule has 1 heterocycles. The third-order valence-electron chi connectivity index (χ3n) is 3.08. The number of thiophene rings is 1. The van der Waals surface area contributed by atoms with Gasteiger partial charge >= 0.3 is 0 Å². The van der Waals surface area contributed by atoms with Gasteiger partial charge in [-0.3, -0.25) is 0 Å². The number of unbranched alkanes of at least 4 members (excludes halogenated alkanes) is 3. The highest BCUT2D eigenvalue weighted by Crippen LogP contribution is 2.21. The van der Waals surface area contributed by atoms with Crippen molar-refractivity contribution in [3.63, 3.8) is 0 Å². The molecule has 0 N–H and O–H groups in total. The van der Waals surface area contributed by atoms with Crippen LogP contribution in [0.5, 0.6) is 0 Å². The van der Waals surface area contributed by atoms with Crippen LogP contribution in [0.4, 0.5) is 0 Å². The molecule has 4 nitrogen and oxygen atoms in total. The van der Waals surface area contributed by atoms with Gasteiger partial charge in [-0.25, -0.2) is 0 Å². The monoisotopic (exact) mass is 296 g/mol. The minimum absolute atomic E-state index is 0.136. The van der Waals surface area contributed by atoms with Gasteiger partial charge in [-0.15, -0.1) is 11.3 Å². The van der Waals surface area contributed by atoms with Crippen LogP contribution in [-0.4, -0.2) is 11.9 Å². The Hall–Kier alpha value is -1.36. The van der Waals surface area contributed by atoms with E-state index in [-0.39, 0.29) is 12.8 Å². The maximum absolute atomic E-state index is 10.3. The molecule has 0 saturated heterocycles. The zero-order valence-corrected chi connectivity index (χ0v) is 12.4. The van der Waals surface area contributed by atoms with E-state index in [1.807, 2.05) is 0 Å². The third kappa shape index (κ3) is 7.94. The smallest absolute Gasteiger partial charge is 0.0414 e. The lowest BCUT2D eigenvalue weighted by Gasteiger charge is -2.01. The molecule has 0 radical (unpaired) electrons. The topological polar surface area (TPSA) is 80.3 Å². The molecular weight excluding hydrogens is 276 g/mol. The van der Waals surface area contributed by atoms with E-state index in [0.717, 1.165) is 32.1 Å². The minimum Gasteiger partial charge on any atom is -0.550 e. The highest BCUT2D eigenvalue weighted by atomic mass is 32.1. The maximum atomic E-state index is 10.3. The van der Waals surface area contributed by atoms with Crippen molar-refractivity contribution in [2.75, 3.05) is 0 Å². The van der Waals surface area contributed by atoms with Gasteiger partial charge in [0.15, 0.2) is 0 Å². The van der Waals surface area contributed by atoms with Gasteiger partial charge in [0.05, 0.1) is 0 Å². The Morgan fingerprint density at radius 3 is 1.75 bits per heavy atom. The van der Waals surface area contributed by atoms with Crippen LogP contribution in [0, 0.1) is 0 Å². The van der Waals surface area contributed by atoms with Crippen LogP contribution in [0.2, 0.25) is 0 Å². The second kappa shape index (κ2) is 9.53. The second-order valence-corrected chi connectivity index (χ2v) is 6.13. The lowest BCUT2D eigenvalue weighted by atomic mass is 10.1. The van der Waals surface area contributed by atoms with Crippen molar-refractivity contribution < 1.29 is 19.8 Å². The van der Waals surface area contributed by atoms with Gasteiger partial charge in [0, 0.05) is 21.7 Å². The van der Waals surface area contributed by atoms with Crippen LogP contribution < -0.4 is 10.2 Å². The zero-order chi connectivity index (χ0) is 14.8. The summed E-state index contributed by atoms with van der Waals surface area (Å²) in [5.41, 5.74) is 0. The number of aryl methyl sites for hydroxylation is 2. The molecular formula is C15H20O4S-2. The Kier molecular flexibility index (Phi) is 7.95. The van der Waals surface area contributed by atoms with Crippen molar-refractivity contribution in [3.8, 4) is 0 Å². The fraction of sp³-hybridized carbons (Fsp3) is 0.600. The summed E-state index contributed by atoms with van der Waals surface area (Å²) in [7, 11) is 0. The Bertz CT molecular complexity index is 425. The normalized spacial score (nSPS) is 10.6. The van der Waals surface area contributed by atoms with Gasteiger partial charge in [-0.2, -0.15) is 0 Å². The fourth-order valence-electron chi connectivity index (χ4n) is 2.00. The first kappa shape index (κ1) is 16.7. The van der Waals surface area contributed by atoms with Gasteiger partial charge in [0.25, 0.3) is 0 Å². The first-order chi connectivity index (χ1) is 9.58. The first-order valence-electron chi connectivity index (χ1n) is 7.05. The molecule has 0 amide bonds. The molecule has 0 aliphatic rings. The number of carbonyl (C=O) groups is 2. The molecule has 5 heteroatoms. The summed E-state index contributed by atoms with van der Waals surface area (Å²) in [5.74, 6) is -1.95. The maximum Gasteiger partial charge on any atom is 0.0414 e. The first-order valence-corrected chi connectivity index (χ1v) is 7.87. The summed E-state index contributed by atoms with van der Waals surface area (Å²) < 4.78 is 0. The van der Waals surface area contributed by atoms with Crippen LogP contribution in [0.3, 0.4) is 0 Å². The molecule has 0 atom stereocenters. The van der Waals surface area contributed by atoms with E-state index in [9.17, 15) is 19.8 Å². The molecule has 0 fully saturated rings. The molecule has 0 bridgehead atoms. The average molecular weight is 296 g/mol. The summed E-state index contributed by atoms with van der Waals surface area (Å²) in [4.78, 5) is 23.1. The number of rotatable bonds is 11. The minimum atomic E-state index is -0.978. The largest absolute Gasteiger partial charge is 0.550 e. The Labute approximate surface area is 123 Å². The Balaban J connectivity index is 2.12. The number of carbonyl (C=O) groups excluding carboxylic acids is 2. The highest BCUT2D eigenvalue weighted by molar-refractivity contribution is 7.11. The summed E-state index contributed by atoms with van der Waals surface area (Å²) >= 11 is 1.76. The Morgan fingerprint density at radius 1 is 0.800 bits per heavy atom. The van der Waals surface area contributed by atoms with E-state index < -0.39 is 11.9 Å². The van der Waals surface area contributed by atoms with E-state index in [2.05, 4.69) is 12.1 Å². The molecule has 1 aromatic heterocycles.